The highest BCUT2D eigenvalue weighted by atomic mass is 32.2. The van der Waals surface area contributed by atoms with Gasteiger partial charge in [0.05, 0.1) is 25.2 Å². The SMILES string of the molecule is C=C(C)C(=O)OCCOC(=O)CCN(CCSCC(C)C(=O)OCCOC(=O)CCN(C)CCC)CCC(=O)OCCOC(=O)C(=C)C. The Bertz CT molecular complexity index is 1000. The van der Waals surface area contributed by atoms with Gasteiger partial charge in [-0.05, 0) is 33.9 Å². The van der Waals surface area contributed by atoms with Crippen LogP contribution in [0.25, 0.3) is 0 Å². The molecule has 0 saturated heterocycles. The fraction of sp³-hybridized carbons (Fsp3) is 0.697. The number of carbonyl (C=O) groups excluding carboxylic acids is 6. The van der Waals surface area contributed by atoms with E-state index in [0.717, 1.165) is 13.0 Å². The molecular formula is C33H54N2O12S. The first-order chi connectivity index (χ1) is 22.8. The summed E-state index contributed by atoms with van der Waals surface area (Å²) < 4.78 is 30.4. The van der Waals surface area contributed by atoms with Crippen LogP contribution in [0, 0.1) is 5.92 Å². The van der Waals surface area contributed by atoms with Gasteiger partial charge in [-0.3, -0.25) is 19.2 Å². The third-order valence-electron chi connectivity index (χ3n) is 6.34. The Morgan fingerprint density at radius 3 is 1.48 bits per heavy atom. The van der Waals surface area contributed by atoms with Crippen molar-refractivity contribution in [2.45, 2.75) is 53.4 Å². The molecule has 1 unspecified atom stereocenters. The van der Waals surface area contributed by atoms with Gasteiger partial charge in [0.15, 0.2) is 0 Å². The van der Waals surface area contributed by atoms with Crippen LogP contribution < -0.4 is 0 Å². The Hall–Kier alpha value is -3.43. The number of hydrogen-bond donors (Lipinski definition) is 0. The molecule has 0 radical (unpaired) electrons. The molecule has 0 N–H and O–H groups in total. The standard InChI is InChI=1S/C33H54N2O12S/c1-8-12-34(7)13-9-28(36)42-19-22-47-33(41)27(6)24-48-23-16-35(14-10-29(37)43-17-20-45-31(39)25(2)3)15-11-30(38)44-18-21-46-32(40)26(4)5/h27H,2,4,8-24H2,1,3,5-7H3. The average Bonchev–Trinajstić information content (AvgIpc) is 3.04. The van der Waals surface area contributed by atoms with Crippen molar-refractivity contribution >= 4 is 47.6 Å². The summed E-state index contributed by atoms with van der Waals surface area (Å²) in [5.74, 6) is -2.18. The fourth-order valence-corrected chi connectivity index (χ4v) is 4.66. The second kappa shape index (κ2) is 27.5. The van der Waals surface area contributed by atoms with Crippen LogP contribution in [-0.4, -0.2) is 137 Å². The van der Waals surface area contributed by atoms with Gasteiger partial charge in [-0.15, -0.1) is 0 Å². The Balaban J connectivity index is 4.59. The van der Waals surface area contributed by atoms with E-state index in [9.17, 15) is 28.8 Å². The molecule has 0 aromatic carbocycles. The van der Waals surface area contributed by atoms with Crippen molar-refractivity contribution in [1.82, 2.24) is 9.80 Å². The van der Waals surface area contributed by atoms with Gasteiger partial charge >= 0.3 is 35.8 Å². The van der Waals surface area contributed by atoms with Gasteiger partial charge in [-0.2, -0.15) is 11.8 Å². The van der Waals surface area contributed by atoms with E-state index in [1.807, 2.05) is 16.8 Å². The summed E-state index contributed by atoms with van der Waals surface area (Å²) in [5.41, 5.74) is 0.485. The Labute approximate surface area is 288 Å². The number of thioether (sulfide) groups is 1. The van der Waals surface area contributed by atoms with Gasteiger partial charge in [0.1, 0.15) is 39.6 Å². The minimum atomic E-state index is -0.569. The normalized spacial score (nSPS) is 11.4. The zero-order valence-electron chi connectivity index (χ0n) is 29.2. The van der Waals surface area contributed by atoms with E-state index in [0.29, 0.717) is 37.7 Å². The van der Waals surface area contributed by atoms with Crippen molar-refractivity contribution in [3.8, 4) is 0 Å². The fourth-order valence-electron chi connectivity index (χ4n) is 3.61. The largest absolute Gasteiger partial charge is 0.462 e. The second-order valence-corrected chi connectivity index (χ2v) is 12.2. The summed E-state index contributed by atoms with van der Waals surface area (Å²) in [7, 11) is 1.94. The van der Waals surface area contributed by atoms with Crippen molar-refractivity contribution in [1.29, 1.82) is 0 Å². The quantitative estimate of drug-likeness (QED) is 0.0505. The van der Waals surface area contributed by atoms with Crippen LogP contribution in [-0.2, 0) is 57.2 Å². The Morgan fingerprint density at radius 2 is 1.04 bits per heavy atom. The molecule has 0 aliphatic carbocycles. The molecule has 0 spiro atoms. The number of ether oxygens (including phenoxy) is 6. The molecule has 0 amide bonds. The van der Waals surface area contributed by atoms with Crippen molar-refractivity contribution in [2.75, 3.05) is 90.9 Å². The lowest BCUT2D eigenvalue weighted by Gasteiger charge is -2.21. The maximum Gasteiger partial charge on any atom is 0.333 e. The molecule has 0 aromatic rings. The molecule has 15 heteroatoms. The van der Waals surface area contributed by atoms with Gasteiger partial charge < -0.3 is 38.2 Å². The molecule has 274 valence electrons. The number of nitrogens with zero attached hydrogens (tertiary/aromatic N) is 2. The summed E-state index contributed by atoms with van der Waals surface area (Å²) in [4.78, 5) is 75.5. The molecule has 0 bridgehead atoms. The molecular weight excluding hydrogens is 648 g/mol. The summed E-state index contributed by atoms with van der Waals surface area (Å²) in [5, 5.41) is 0. The predicted octanol–water partition coefficient (Wildman–Crippen LogP) is 2.58. The highest BCUT2D eigenvalue weighted by Crippen LogP contribution is 2.11. The Kier molecular flexibility index (Phi) is 25.5. The third-order valence-corrected chi connectivity index (χ3v) is 7.54. The average molecular weight is 703 g/mol. The van der Waals surface area contributed by atoms with E-state index in [4.69, 9.17) is 28.4 Å². The first-order valence-electron chi connectivity index (χ1n) is 16.0. The van der Waals surface area contributed by atoms with Crippen molar-refractivity contribution in [2.24, 2.45) is 5.92 Å². The third kappa shape index (κ3) is 24.7. The molecule has 1 atom stereocenters. The van der Waals surface area contributed by atoms with Crippen molar-refractivity contribution < 1.29 is 57.2 Å². The molecule has 14 nitrogen and oxygen atoms in total. The highest BCUT2D eigenvalue weighted by Gasteiger charge is 2.17. The first kappa shape index (κ1) is 44.6. The minimum absolute atomic E-state index is 0.00103. The van der Waals surface area contributed by atoms with Crippen LogP contribution in [0.4, 0.5) is 0 Å². The molecule has 0 aromatic heterocycles. The summed E-state index contributed by atoms with van der Waals surface area (Å²) >= 11 is 1.51. The second-order valence-electron chi connectivity index (χ2n) is 11.0. The predicted molar refractivity (Wildman–Crippen MR) is 180 cm³/mol. The summed E-state index contributed by atoms with van der Waals surface area (Å²) in [6.45, 7) is 16.0. The molecule has 0 heterocycles. The van der Waals surface area contributed by atoms with Crippen LogP contribution in [0.15, 0.2) is 24.3 Å². The van der Waals surface area contributed by atoms with Crippen molar-refractivity contribution in [3.63, 3.8) is 0 Å². The number of carbonyl (C=O) groups is 6. The zero-order valence-corrected chi connectivity index (χ0v) is 30.0. The van der Waals surface area contributed by atoms with Crippen LogP contribution in [0.5, 0.6) is 0 Å². The monoisotopic (exact) mass is 702 g/mol. The van der Waals surface area contributed by atoms with Crippen LogP contribution in [0.2, 0.25) is 0 Å². The van der Waals surface area contributed by atoms with Crippen LogP contribution in [0.1, 0.15) is 53.4 Å². The smallest absolute Gasteiger partial charge is 0.333 e. The van der Waals surface area contributed by atoms with Crippen molar-refractivity contribution in [3.05, 3.63) is 24.3 Å². The minimum Gasteiger partial charge on any atom is -0.462 e. The molecule has 0 aliphatic rings. The molecule has 0 saturated carbocycles. The zero-order chi connectivity index (χ0) is 36.3. The first-order valence-corrected chi connectivity index (χ1v) is 17.2. The number of hydrogen-bond acceptors (Lipinski definition) is 15. The van der Waals surface area contributed by atoms with Crippen LogP contribution >= 0.6 is 11.8 Å². The lowest BCUT2D eigenvalue weighted by atomic mass is 10.2. The number of rotatable bonds is 28. The Morgan fingerprint density at radius 1 is 0.625 bits per heavy atom. The van der Waals surface area contributed by atoms with Gasteiger partial charge in [0.25, 0.3) is 0 Å². The molecule has 0 aliphatic heterocycles. The topological polar surface area (TPSA) is 164 Å². The maximum atomic E-state index is 12.4. The van der Waals surface area contributed by atoms with E-state index in [1.54, 1.807) is 6.92 Å². The lowest BCUT2D eigenvalue weighted by Crippen LogP contribution is -2.32. The number of esters is 6. The molecule has 0 fully saturated rings. The van der Waals surface area contributed by atoms with E-state index < -0.39 is 35.8 Å². The summed E-state index contributed by atoms with van der Waals surface area (Å²) in [6.07, 6.45) is 1.35. The highest BCUT2D eigenvalue weighted by molar-refractivity contribution is 7.99. The molecule has 0 rings (SSSR count). The van der Waals surface area contributed by atoms with Gasteiger partial charge in [-0.1, -0.05) is 27.0 Å². The maximum absolute atomic E-state index is 12.4. The summed E-state index contributed by atoms with van der Waals surface area (Å²) in [6, 6.07) is 0. The van der Waals surface area contributed by atoms with Crippen LogP contribution in [0.3, 0.4) is 0 Å². The van der Waals surface area contributed by atoms with Gasteiger partial charge in [-0.25, -0.2) is 9.59 Å². The van der Waals surface area contributed by atoms with Gasteiger partial charge in [0.2, 0.25) is 0 Å². The van der Waals surface area contributed by atoms with E-state index >= 15 is 0 Å². The lowest BCUT2D eigenvalue weighted by molar-refractivity contribution is -0.154. The van der Waals surface area contributed by atoms with Gasteiger partial charge in [0, 0.05) is 48.8 Å². The molecule has 48 heavy (non-hydrogen) atoms. The van der Waals surface area contributed by atoms with E-state index in [1.165, 1.54) is 25.6 Å². The van der Waals surface area contributed by atoms with E-state index in [-0.39, 0.29) is 76.0 Å². The van der Waals surface area contributed by atoms with E-state index in [2.05, 4.69) is 20.1 Å².